The van der Waals surface area contributed by atoms with Crippen molar-refractivity contribution in [3.8, 4) is 6.19 Å². The van der Waals surface area contributed by atoms with Crippen molar-refractivity contribution in [2.75, 3.05) is 0 Å². The van der Waals surface area contributed by atoms with Crippen molar-refractivity contribution < 1.29 is 0 Å². The van der Waals surface area contributed by atoms with Gasteiger partial charge in [0.15, 0.2) is 6.19 Å². The van der Waals surface area contributed by atoms with Crippen molar-refractivity contribution in [1.82, 2.24) is 5.32 Å². The Kier molecular flexibility index (Phi) is 3.38. The van der Waals surface area contributed by atoms with Crippen LogP contribution in [0, 0.1) is 11.5 Å². The molecule has 0 aliphatic carbocycles. The molecular formula is C4H6N2. The minimum absolute atomic E-state index is 1.57. The molecule has 32 valence electrons. The minimum atomic E-state index is 1.57. The predicted molar refractivity (Wildman–Crippen MR) is 23.6 cm³/mol. The number of hydrogen-bond acceptors (Lipinski definition) is 2. The summed E-state index contributed by atoms with van der Waals surface area (Å²) in [6, 6.07) is 0. The van der Waals surface area contributed by atoms with Gasteiger partial charge < -0.3 is 5.32 Å². The molecule has 6 heavy (non-hydrogen) atoms. The maximum atomic E-state index is 7.78. The van der Waals surface area contributed by atoms with Gasteiger partial charge in [0.2, 0.25) is 0 Å². The molecule has 0 amide bonds. The van der Waals surface area contributed by atoms with E-state index in [9.17, 15) is 0 Å². The monoisotopic (exact) mass is 82.1 g/mol. The normalized spacial score (nSPS) is 8.00. The summed E-state index contributed by atoms with van der Waals surface area (Å²) >= 11 is 0. The summed E-state index contributed by atoms with van der Waals surface area (Å²) in [5, 5.41) is 10.1. The standard InChI is InChI=1S/C4H6N2/c1-2-3-6-4-5/h2-3,6H,1H3. The summed E-state index contributed by atoms with van der Waals surface area (Å²) in [6.07, 6.45) is 5.05. The summed E-state index contributed by atoms with van der Waals surface area (Å²) in [6.45, 7) is 1.84. The first-order valence-electron chi connectivity index (χ1n) is 1.67. The number of nitriles is 1. The molecule has 0 bridgehead atoms. The van der Waals surface area contributed by atoms with Crippen LogP contribution in [-0.2, 0) is 0 Å². The fourth-order valence-corrected chi connectivity index (χ4v) is 0.121. The average molecular weight is 82.1 g/mol. The molecule has 0 atom stereocenters. The number of nitrogens with one attached hydrogen (secondary N) is 1. The highest BCUT2D eigenvalue weighted by Crippen LogP contribution is 1.55. The summed E-state index contributed by atoms with van der Waals surface area (Å²) in [5.41, 5.74) is 0. The molecule has 0 aromatic carbocycles. The van der Waals surface area contributed by atoms with Crippen LogP contribution in [0.4, 0.5) is 0 Å². The van der Waals surface area contributed by atoms with Gasteiger partial charge in [0.1, 0.15) is 0 Å². The van der Waals surface area contributed by atoms with Crippen molar-refractivity contribution in [3.63, 3.8) is 0 Å². The smallest absolute Gasteiger partial charge is 0.180 e. The Labute approximate surface area is 37.1 Å². The van der Waals surface area contributed by atoms with E-state index in [4.69, 9.17) is 5.26 Å². The number of nitrogens with zero attached hydrogens (tertiary/aromatic N) is 1. The van der Waals surface area contributed by atoms with Crippen LogP contribution in [0.25, 0.3) is 0 Å². The van der Waals surface area contributed by atoms with Crippen molar-refractivity contribution in [2.24, 2.45) is 0 Å². The van der Waals surface area contributed by atoms with Gasteiger partial charge in [0.05, 0.1) is 0 Å². The molecular weight excluding hydrogens is 76.1 g/mol. The second-order valence-corrected chi connectivity index (χ2v) is 0.756. The SMILES string of the molecule is CC=CNC#N. The zero-order chi connectivity index (χ0) is 4.83. The minimum Gasteiger partial charge on any atom is -0.300 e. The highest BCUT2D eigenvalue weighted by Gasteiger charge is 1.54. The Morgan fingerprint density at radius 3 is 2.67 bits per heavy atom. The van der Waals surface area contributed by atoms with Gasteiger partial charge in [-0.2, -0.15) is 5.26 Å². The van der Waals surface area contributed by atoms with E-state index in [1.807, 2.05) is 6.92 Å². The molecule has 0 spiro atoms. The van der Waals surface area contributed by atoms with E-state index in [-0.39, 0.29) is 0 Å². The van der Waals surface area contributed by atoms with Crippen LogP contribution in [0.1, 0.15) is 6.92 Å². The summed E-state index contributed by atoms with van der Waals surface area (Å²) in [4.78, 5) is 0. The van der Waals surface area contributed by atoms with E-state index in [2.05, 4.69) is 5.32 Å². The third-order valence-electron chi connectivity index (χ3n) is 0.315. The first-order valence-corrected chi connectivity index (χ1v) is 1.67. The fourth-order valence-electron chi connectivity index (χ4n) is 0.121. The Bertz CT molecular complexity index is 78.0. The number of rotatable bonds is 1. The van der Waals surface area contributed by atoms with Crippen LogP contribution in [-0.4, -0.2) is 0 Å². The van der Waals surface area contributed by atoms with E-state index in [0.29, 0.717) is 0 Å². The zero-order valence-electron chi connectivity index (χ0n) is 3.60. The first kappa shape index (κ1) is 5.03. The lowest BCUT2D eigenvalue weighted by Crippen LogP contribution is -1.88. The molecule has 0 saturated carbocycles. The summed E-state index contributed by atoms with van der Waals surface area (Å²) < 4.78 is 0. The molecule has 2 nitrogen and oxygen atoms in total. The molecule has 2 heteroatoms. The van der Waals surface area contributed by atoms with Crippen molar-refractivity contribution in [2.45, 2.75) is 6.92 Å². The van der Waals surface area contributed by atoms with Crippen LogP contribution in [0.2, 0.25) is 0 Å². The van der Waals surface area contributed by atoms with Gasteiger partial charge in [-0.05, 0) is 6.92 Å². The van der Waals surface area contributed by atoms with Gasteiger partial charge in [0.25, 0.3) is 0 Å². The van der Waals surface area contributed by atoms with Gasteiger partial charge in [-0.1, -0.05) is 6.08 Å². The molecule has 0 aromatic heterocycles. The van der Waals surface area contributed by atoms with Gasteiger partial charge in [-0.3, -0.25) is 0 Å². The van der Waals surface area contributed by atoms with Crippen molar-refractivity contribution in [3.05, 3.63) is 12.3 Å². The highest BCUT2D eigenvalue weighted by molar-refractivity contribution is 4.81. The van der Waals surface area contributed by atoms with Crippen LogP contribution < -0.4 is 5.32 Å². The maximum absolute atomic E-state index is 7.78. The second-order valence-electron chi connectivity index (χ2n) is 0.756. The first-order chi connectivity index (χ1) is 2.91. The molecule has 0 saturated heterocycles. The van der Waals surface area contributed by atoms with Crippen molar-refractivity contribution >= 4 is 0 Å². The van der Waals surface area contributed by atoms with Crippen LogP contribution in [0.15, 0.2) is 12.3 Å². The lowest BCUT2D eigenvalue weighted by atomic mass is 10.7. The quantitative estimate of drug-likeness (QED) is 0.371. The zero-order valence-corrected chi connectivity index (χ0v) is 3.60. The second kappa shape index (κ2) is 4.03. The Morgan fingerprint density at radius 2 is 2.50 bits per heavy atom. The Balaban J connectivity index is 2.92. The van der Waals surface area contributed by atoms with Crippen LogP contribution in [0.3, 0.4) is 0 Å². The van der Waals surface area contributed by atoms with Gasteiger partial charge in [-0.25, -0.2) is 0 Å². The third kappa shape index (κ3) is 3.03. The van der Waals surface area contributed by atoms with E-state index < -0.39 is 0 Å². The molecule has 0 radical (unpaired) electrons. The number of hydrogen-bond donors (Lipinski definition) is 1. The lowest BCUT2D eigenvalue weighted by molar-refractivity contribution is 1.19. The number of allylic oxidation sites excluding steroid dienone is 1. The van der Waals surface area contributed by atoms with Crippen LogP contribution >= 0.6 is 0 Å². The predicted octanol–water partition coefficient (Wildman–Crippen LogP) is 0.591. The third-order valence-corrected chi connectivity index (χ3v) is 0.315. The Morgan fingerprint density at radius 1 is 1.83 bits per heavy atom. The fraction of sp³-hybridized carbons (Fsp3) is 0.250. The molecule has 0 fully saturated rings. The molecule has 0 rings (SSSR count). The molecule has 0 aliphatic rings. The molecule has 0 heterocycles. The van der Waals surface area contributed by atoms with Gasteiger partial charge in [0, 0.05) is 6.20 Å². The highest BCUT2D eigenvalue weighted by atomic mass is 14.8. The van der Waals surface area contributed by atoms with Gasteiger partial charge >= 0.3 is 0 Å². The average Bonchev–Trinajstić information content (AvgIpc) is 1.61. The van der Waals surface area contributed by atoms with Crippen LogP contribution in [0.5, 0.6) is 0 Å². The topological polar surface area (TPSA) is 35.8 Å². The Hall–Kier alpha value is -0.970. The summed E-state index contributed by atoms with van der Waals surface area (Å²) in [5.74, 6) is 0. The van der Waals surface area contributed by atoms with Crippen molar-refractivity contribution in [1.29, 1.82) is 5.26 Å². The molecule has 0 unspecified atom stereocenters. The van der Waals surface area contributed by atoms with E-state index >= 15 is 0 Å². The lowest BCUT2D eigenvalue weighted by Gasteiger charge is -1.71. The molecule has 0 aliphatic heterocycles. The largest absolute Gasteiger partial charge is 0.300 e. The van der Waals surface area contributed by atoms with E-state index in [1.54, 1.807) is 18.5 Å². The van der Waals surface area contributed by atoms with E-state index in [1.165, 1.54) is 0 Å². The van der Waals surface area contributed by atoms with Gasteiger partial charge in [-0.15, -0.1) is 0 Å². The summed E-state index contributed by atoms with van der Waals surface area (Å²) in [7, 11) is 0. The maximum Gasteiger partial charge on any atom is 0.180 e. The van der Waals surface area contributed by atoms with E-state index in [0.717, 1.165) is 0 Å². The molecule has 0 aromatic rings. The molecule has 1 N–H and O–H groups in total.